The first-order valence-electron chi connectivity index (χ1n) is 7.82. The van der Waals surface area contributed by atoms with Crippen LogP contribution in [0.2, 0.25) is 5.02 Å². The van der Waals surface area contributed by atoms with Crippen LogP contribution in [0.4, 0.5) is 11.8 Å². The van der Waals surface area contributed by atoms with E-state index in [9.17, 15) is 0 Å². The Bertz CT molecular complexity index is 625. The van der Waals surface area contributed by atoms with E-state index >= 15 is 0 Å². The van der Waals surface area contributed by atoms with Crippen LogP contribution < -0.4 is 10.2 Å². The van der Waals surface area contributed by atoms with E-state index in [-0.39, 0.29) is 0 Å². The highest BCUT2D eigenvalue weighted by atomic mass is 35.5. The van der Waals surface area contributed by atoms with E-state index in [0.29, 0.717) is 5.95 Å². The molecule has 0 saturated carbocycles. The maximum absolute atomic E-state index is 5.89. The van der Waals surface area contributed by atoms with Gasteiger partial charge in [0.1, 0.15) is 0 Å². The van der Waals surface area contributed by atoms with Crippen LogP contribution >= 0.6 is 11.6 Å². The number of aromatic nitrogens is 3. The minimum atomic E-state index is 0.579. The van der Waals surface area contributed by atoms with E-state index < -0.39 is 0 Å². The standard InChI is InChI=1S/C16H21ClN6/c1-22-8-10-23(11-9-22)15-12-19-21-16(20-15)18-7-6-13-2-4-14(17)5-3-13/h2-5,12H,6-11H2,1H3,(H,18,20,21). The lowest BCUT2D eigenvalue weighted by molar-refractivity contribution is 0.312. The summed E-state index contributed by atoms with van der Waals surface area (Å²) in [5.74, 6) is 1.47. The summed E-state index contributed by atoms with van der Waals surface area (Å²) in [5.41, 5.74) is 1.23. The molecule has 0 radical (unpaired) electrons. The predicted octanol–water partition coefficient (Wildman–Crippen LogP) is 1.93. The molecule has 0 aliphatic carbocycles. The van der Waals surface area contributed by atoms with E-state index in [1.807, 2.05) is 24.3 Å². The van der Waals surface area contributed by atoms with Crippen LogP contribution in [0.5, 0.6) is 0 Å². The second kappa shape index (κ2) is 7.57. The smallest absolute Gasteiger partial charge is 0.244 e. The van der Waals surface area contributed by atoms with Crippen LogP contribution in [0.25, 0.3) is 0 Å². The van der Waals surface area contributed by atoms with Crippen LogP contribution in [0, 0.1) is 0 Å². The molecule has 23 heavy (non-hydrogen) atoms. The first-order chi connectivity index (χ1) is 11.2. The lowest BCUT2D eigenvalue weighted by Crippen LogP contribution is -2.44. The number of piperazine rings is 1. The Hall–Kier alpha value is -1.92. The molecule has 1 aliphatic heterocycles. The van der Waals surface area contributed by atoms with Crippen molar-refractivity contribution >= 4 is 23.4 Å². The zero-order chi connectivity index (χ0) is 16.1. The molecule has 2 aromatic rings. The lowest BCUT2D eigenvalue weighted by atomic mass is 10.1. The Balaban J connectivity index is 1.54. The number of nitrogens with one attached hydrogen (secondary N) is 1. The Morgan fingerprint density at radius 1 is 1.13 bits per heavy atom. The van der Waals surface area contributed by atoms with Gasteiger partial charge >= 0.3 is 0 Å². The second-order valence-electron chi connectivity index (χ2n) is 5.73. The molecule has 1 aromatic heterocycles. The number of nitrogens with zero attached hydrogens (tertiary/aromatic N) is 5. The molecule has 0 atom stereocenters. The first-order valence-corrected chi connectivity index (χ1v) is 8.20. The van der Waals surface area contributed by atoms with Crippen molar-refractivity contribution in [2.45, 2.75) is 6.42 Å². The number of hydrogen-bond acceptors (Lipinski definition) is 6. The fourth-order valence-electron chi connectivity index (χ4n) is 2.53. The number of benzene rings is 1. The summed E-state index contributed by atoms with van der Waals surface area (Å²) in [5, 5.41) is 12.1. The lowest BCUT2D eigenvalue weighted by Gasteiger charge is -2.32. The number of likely N-dealkylation sites (N-methyl/N-ethyl adjacent to an activating group) is 1. The highest BCUT2D eigenvalue weighted by Gasteiger charge is 2.16. The average Bonchev–Trinajstić information content (AvgIpc) is 2.58. The number of hydrogen-bond donors (Lipinski definition) is 1. The van der Waals surface area contributed by atoms with Crippen molar-refractivity contribution < 1.29 is 0 Å². The van der Waals surface area contributed by atoms with Crippen molar-refractivity contribution in [3.8, 4) is 0 Å². The molecular weight excluding hydrogens is 312 g/mol. The summed E-state index contributed by atoms with van der Waals surface area (Å²) < 4.78 is 0. The molecule has 122 valence electrons. The molecule has 0 spiro atoms. The zero-order valence-corrected chi connectivity index (χ0v) is 14.0. The molecular formula is C16H21ClN6. The monoisotopic (exact) mass is 332 g/mol. The number of anilines is 2. The third-order valence-corrected chi connectivity index (χ3v) is 4.24. The third-order valence-electron chi connectivity index (χ3n) is 3.98. The van der Waals surface area contributed by atoms with Gasteiger partial charge in [0.15, 0.2) is 5.82 Å². The number of rotatable bonds is 5. The minimum Gasteiger partial charge on any atom is -0.353 e. The largest absolute Gasteiger partial charge is 0.353 e. The Kier molecular flexibility index (Phi) is 5.25. The molecule has 1 fully saturated rings. The fourth-order valence-corrected chi connectivity index (χ4v) is 2.65. The van der Waals surface area contributed by atoms with Gasteiger partial charge in [-0.3, -0.25) is 0 Å². The maximum atomic E-state index is 5.89. The van der Waals surface area contributed by atoms with Crippen LogP contribution in [0.15, 0.2) is 30.5 Å². The Morgan fingerprint density at radius 2 is 1.87 bits per heavy atom. The Morgan fingerprint density at radius 3 is 2.61 bits per heavy atom. The van der Waals surface area contributed by atoms with E-state index in [2.05, 4.69) is 37.3 Å². The van der Waals surface area contributed by atoms with Crippen molar-refractivity contribution in [3.63, 3.8) is 0 Å². The average molecular weight is 333 g/mol. The van der Waals surface area contributed by atoms with Gasteiger partial charge in [-0.2, -0.15) is 10.1 Å². The molecule has 1 N–H and O–H groups in total. The van der Waals surface area contributed by atoms with Crippen molar-refractivity contribution in [1.29, 1.82) is 0 Å². The SMILES string of the molecule is CN1CCN(c2cnnc(NCCc3ccc(Cl)cc3)n2)CC1. The van der Waals surface area contributed by atoms with Crippen LogP contribution in [0.3, 0.4) is 0 Å². The van der Waals surface area contributed by atoms with Gasteiger partial charge in [-0.05, 0) is 31.2 Å². The van der Waals surface area contributed by atoms with Gasteiger partial charge in [-0.15, -0.1) is 5.10 Å². The number of halogens is 1. The van der Waals surface area contributed by atoms with E-state index in [4.69, 9.17) is 11.6 Å². The van der Waals surface area contributed by atoms with Gasteiger partial charge in [0.25, 0.3) is 0 Å². The molecule has 3 rings (SSSR count). The topological polar surface area (TPSA) is 57.2 Å². The molecule has 7 heteroatoms. The van der Waals surface area contributed by atoms with Crippen LogP contribution in [-0.4, -0.2) is 59.9 Å². The van der Waals surface area contributed by atoms with E-state index in [1.165, 1.54) is 5.56 Å². The highest BCUT2D eigenvalue weighted by molar-refractivity contribution is 6.30. The van der Waals surface area contributed by atoms with E-state index in [1.54, 1.807) is 6.20 Å². The summed E-state index contributed by atoms with van der Waals surface area (Å²) in [4.78, 5) is 9.13. The van der Waals surface area contributed by atoms with Gasteiger partial charge in [-0.25, -0.2) is 0 Å². The molecule has 0 unspecified atom stereocenters. The summed E-state index contributed by atoms with van der Waals surface area (Å²) in [6.07, 6.45) is 2.62. The summed E-state index contributed by atoms with van der Waals surface area (Å²) in [7, 11) is 2.14. The van der Waals surface area contributed by atoms with Gasteiger partial charge in [0.2, 0.25) is 5.95 Å². The molecule has 0 bridgehead atoms. The van der Waals surface area contributed by atoms with Gasteiger partial charge < -0.3 is 15.1 Å². The van der Waals surface area contributed by atoms with Gasteiger partial charge in [0.05, 0.1) is 6.20 Å². The van der Waals surface area contributed by atoms with Gasteiger partial charge in [-0.1, -0.05) is 23.7 Å². The van der Waals surface area contributed by atoms with Gasteiger partial charge in [0, 0.05) is 37.7 Å². The van der Waals surface area contributed by atoms with Crippen LogP contribution in [-0.2, 0) is 6.42 Å². The molecule has 0 amide bonds. The molecule has 1 saturated heterocycles. The summed E-state index contributed by atoms with van der Waals surface area (Å²) >= 11 is 5.89. The first kappa shape index (κ1) is 16.0. The van der Waals surface area contributed by atoms with Crippen molar-refractivity contribution in [2.75, 3.05) is 50.0 Å². The van der Waals surface area contributed by atoms with Crippen molar-refractivity contribution in [1.82, 2.24) is 20.1 Å². The molecule has 1 aliphatic rings. The highest BCUT2D eigenvalue weighted by Crippen LogP contribution is 2.13. The predicted molar refractivity (Wildman–Crippen MR) is 93.2 cm³/mol. The van der Waals surface area contributed by atoms with E-state index in [0.717, 1.165) is 50.0 Å². The van der Waals surface area contributed by atoms with Crippen molar-refractivity contribution in [3.05, 3.63) is 41.0 Å². The van der Waals surface area contributed by atoms with Crippen LogP contribution in [0.1, 0.15) is 5.56 Å². The normalized spacial score (nSPS) is 15.7. The summed E-state index contributed by atoms with van der Waals surface area (Å²) in [6.45, 7) is 4.79. The fraction of sp³-hybridized carbons (Fsp3) is 0.438. The van der Waals surface area contributed by atoms with Crippen molar-refractivity contribution in [2.24, 2.45) is 0 Å². The minimum absolute atomic E-state index is 0.579. The molecule has 6 nitrogen and oxygen atoms in total. The molecule has 2 heterocycles. The zero-order valence-electron chi connectivity index (χ0n) is 13.2. The quantitative estimate of drug-likeness (QED) is 0.903. The second-order valence-corrected chi connectivity index (χ2v) is 6.17. The maximum Gasteiger partial charge on any atom is 0.244 e. The molecule has 1 aromatic carbocycles. The summed E-state index contributed by atoms with van der Waals surface area (Å²) in [6, 6.07) is 7.87. The Labute approximate surface area is 141 Å². The third kappa shape index (κ3) is 4.53.